The summed E-state index contributed by atoms with van der Waals surface area (Å²) in [7, 11) is 0. The molecule has 9 aromatic rings. The van der Waals surface area contributed by atoms with Gasteiger partial charge in [-0.25, -0.2) is 0 Å². The van der Waals surface area contributed by atoms with Gasteiger partial charge in [-0.2, -0.15) is 0 Å². The number of H-pyrrole nitrogens is 1. The Hall–Kier alpha value is -6.06. The molecular formula is C44H33N3. The lowest BCUT2D eigenvalue weighted by Gasteiger charge is -2.26. The molecule has 1 N–H and O–H groups in total. The van der Waals surface area contributed by atoms with Crippen LogP contribution in [0.5, 0.6) is 0 Å². The Morgan fingerprint density at radius 2 is 0.957 bits per heavy atom. The molecule has 0 unspecified atom stereocenters. The molecule has 0 saturated carbocycles. The second kappa shape index (κ2) is 10.8. The first-order chi connectivity index (χ1) is 23.1. The van der Waals surface area contributed by atoms with Crippen molar-refractivity contribution in [3.63, 3.8) is 0 Å². The number of nitrogens with one attached hydrogen (secondary N) is 1. The summed E-state index contributed by atoms with van der Waals surface area (Å²) >= 11 is 0. The van der Waals surface area contributed by atoms with Gasteiger partial charge in [0.05, 0.1) is 11.0 Å². The van der Waals surface area contributed by atoms with E-state index in [0.29, 0.717) is 0 Å². The Kier molecular flexibility index (Phi) is 6.26. The number of para-hydroxylation sites is 2. The third-order valence-corrected chi connectivity index (χ3v) is 9.47. The minimum atomic E-state index is 1.13. The third kappa shape index (κ3) is 4.59. The minimum Gasteiger partial charge on any atom is -0.354 e. The van der Waals surface area contributed by atoms with Crippen LogP contribution in [0.3, 0.4) is 0 Å². The highest BCUT2D eigenvalue weighted by Crippen LogP contribution is 2.38. The van der Waals surface area contributed by atoms with Crippen molar-refractivity contribution < 1.29 is 0 Å². The lowest BCUT2D eigenvalue weighted by atomic mass is 10.0. The van der Waals surface area contributed by atoms with Gasteiger partial charge in [0, 0.05) is 55.3 Å². The van der Waals surface area contributed by atoms with E-state index in [9.17, 15) is 0 Å². The van der Waals surface area contributed by atoms with Crippen molar-refractivity contribution in [2.45, 2.75) is 13.8 Å². The number of aryl methyl sites for hydroxylation is 2. The van der Waals surface area contributed by atoms with Crippen molar-refractivity contribution in [3.05, 3.63) is 169 Å². The van der Waals surface area contributed by atoms with Gasteiger partial charge in [-0.1, -0.05) is 96.1 Å². The van der Waals surface area contributed by atoms with Crippen molar-refractivity contribution in [1.29, 1.82) is 0 Å². The Morgan fingerprint density at radius 1 is 0.426 bits per heavy atom. The first-order valence-corrected chi connectivity index (χ1v) is 16.2. The highest BCUT2D eigenvalue weighted by atomic mass is 15.1. The van der Waals surface area contributed by atoms with Crippen LogP contribution in [-0.4, -0.2) is 9.55 Å². The molecule has 0 fully saturated rings. The van der Waals surface area contributed by atoms with E-state index >= 15 is 0 Å². The van der Waals surface area contributed by atoms with Crippen LogP contribution in [0.1, 0.15) is 11.1 Å². The van der Waals surface area contributed by atoms with E-state index in [2.05, 4.69) is 186 Å². The first-order valence-electron chi connectivity index (χ1n) is 16.2. The molecular weight excluding hydrogens is 571 g/mol. The normalized spacial score (nSPS) is 11.6. The number of anilines is 3. The van der Waals surface area contributed by atoms with Gasteiger partial charge in [-0.3, -0.25) is 0 Å². The molecule has 2 aromatic heterocycles. The van der Waals surface area contributed by atoms with Crippen molar-refractivity contribution in [1.82, 2.24) is 9.55 Å². The molecule has 0 spiro atoms. The lowest BCUT2D eigenvalue weighted by Crippen LogP contribution is -2.09. The van der Waals surface area contributed by atoms with Crippen molar-refractivity contribution in [2.75, 3.05) is 4.90 Å². The molecule has 3 heteroatoms. The van der Waals surface area contributed by atoms with Gasteiger partial charge in [-0.05, 0) is 97.8 Å². The average molecular weight is 604 g/mol. The fourth-order valence-corrected chi connectivity index (χ4v) is 7.03. The highest BCUT2D eigenvalue weighted by Gasteiger charge is 2.16. The van der Waals surface area contributed by atoms with Crippen LogP contribution >= 0.6 is 0 Å². The van der Waals surface area contributed by atoms with E-state index in [1.807, 2.05) is 0 Å². The monoisotopic (exact) mass is 603 g/mol. The van der Waals surface area contributed by atoms with Gasteiger partial charge in [0.25, 0.3) is 0 Å². The Labute approximate surface area is 274 Å². The largest absolute Gasteiger partial charge is 0.354 e. The van der Waals surface area contributed by atoms with Crippen LogP contribution < -0.4 is 4.90 Å². The molecule has 47 heavy (non-hydrogen) atoms. The number of rotatable bonds is 5. The molecule has 0 saturated heterocycles. The Bertz CT molecular complexity index is 2500. The molecule has 0 amide bonds. The number of aromatic nitrogens is 2. The van der Waals surface area contributed by atoms with Crippen LogP contribution in [0.4, 0.5) is 17.1 Å². The topological polar surface area (TPSA) is 24.0 Å². The number of hydrogen-bond acceptors (Lipinski definition) is 1. The van der Waals surface area contributed by atoms with Crippen LogP contribution in [0.2, 0.25) is 0 Å². The molecule has 2 heterocycles. The first kappa shape index (κ1) is 27.3. The summed E-state index contributed by atoms with van der Waals surface area (Å²) in [6.45, 7) is 4.26. The predicted octanol–water partition coefficient (Wildman–Crippen LogP) is 12.2. The number of benzene rings is 7. The molecule has 3 nitrogen and oxygen atoms in total. The van der Waals surface area contributed by atoms with E-state index in [0.717, 1.165) is 28.3 Å². The molecule has 7 aromatic carbocycles. The fraction of sp³-hybridized carbons (Fsp3) is 0.0455. The van der Waals surface area contributed by atoms with Gasteiger partial charge in [0.15, 0.2) is 0 Å². The van der Waals surface area contributed by atoms with E-state index < -0.39 is 0 Å². The summed E-state index contributed by atoms with van der Waals surface area (Å²) in [4.78, 5) is 5.96. The summed E-state index contributed by atoms with van der Waals surface area (Å²) < 4.78 is 2.39. The summed E-state index contributed by atoms with van der Waals surface area (Å²) in [5.74, 6) is 0. The quantitative estimate of drug-likeness (QED) is 0.208. The van der Waals surface area contributed by atoms with Crippen LogP contribution in [-0.2, 0) is 0 Å². The molecule has 0 bridgehead atoms. The minimum absolute atomic E-state index is 1.13. The van der Waals surface area contributed by atoms with Gasteiger partial charge in [0.2, 0.25) is 0 Å². The van der Waals surface area contributed by atoms with Crippen molar-refractivity contribution in [3.8, 4) is 16.8 Å². The van der Waals surface area contributed by atoms with Crippen molar-refractivity contribution >= 4 is 60.7 Å². The zero-order valence-electron chi connectivity index (χ0n) is 26.4. The summed E-state index contributed by atoms with van der Waals surface area (Å²) in [6.07, 6.45) is 0. The van der Waals surface area contributed by atoms with E-state index in [4.69, 9.17) is 0 Å². The maximum absolute atomic E-state index is 3.65. The van der Waals surface area contributed by atoms with Gasteiger partial charge < -0.3 is 14.5 Å². The average Bonchev–Trinajstić information content (AvgIpc) is 3.64. The van der Waals surface area contributed by atoms with Crippen LogP contribution in [0.25, 0.3) is 60.4 Å². The highest BCUT2D eigenvalue weighted by molar-refractivity contribution is 6.18. The predicted molar refractivity (Wildman–Crippen MR) is 200 cm³/mol. The summed E-state index contributed by atoms with van der Waals surface area (Å²) in [6, 6.07) is 57.3. The summed E-state index contributed by atoms with van der Waals surface area (Å²) in [5, 5.41) is 5.06. The molecule has 0 radical (unpaired) electrons. The fourth-order valence-electron chi connectivity index (χ4n) is 7.03. The number of hydrogen-bond donors (Lipinski definition) is 1. The molecule has 0 aliphatic carbocycles. The Balaban J connectivity index is 1.10. The van der Waals surface area contributed by atoms with Crippen LogP contribution in [0, 0.1) is 13.8 Å². The summed E-state index contributed by atoms with van der Waals surface area (Å²) in [5.41, 5.74) is 14.2. The molecule has 0 atom stereocenters. The lowest BCUT2D eigenvalue weighted by molar-refractivity contribution is 1.18. The van der Waals surface area contributed by atoms with Gasteiger partial charge >= 0.3 is 0 Å². The number of fused-ring (bicyclic) bond motifs is 6. The van der Waals surface area contributed by atoms with Crippen LogP contribution in [0.15, 0.2) is 158 Å². The standard InChI is InChI=1S/C44H33N3/c1-29-11-19-33(20-12-29)46(34-21-13-30(2)14-22-34)35-23-15-31(16-24-35)32-17-25-36(26-18-32)47-43-10-6-4-8-38(43)40-27-39-37-7-3-5-9-41(37)45-42(39)28-44(40)47/h3-28,45H,1-2H3. The van der Waals surface area contributed by atoms with Crippen molar-refractivity contribution in [2.24, 2.45) is 0 Å². The maximum Gasteiger partial charge on any atom is 0.0562 e. The maximum atomic E-state index is 3.65. The van der Waals surface area contributed by atoms with E-state index in [-0.39, 0.29) is 0 Å². The third-order valence-electron chi connectivity index (χ3n) is 9.47. The molecule has 0 aliphatic rings. The van der Waals surface area contributed by atoms with E-state index in [1.165, 1.54) is 60.3 Å². The zero-order valence-corrected chi connectivity index (χ0v) is 26.4. The van der Waals surface area contributed by atoms with E-state index in [1.54, 1.807) is 0 Å². The molecule has 0 aliphatic heterocycles. The second-order valence-electron chi connectivity index (χ2n) is 12.5. The number of nitrogens with zero attached hydrogens (tertiary/aromatic N) is 2. The molecule has 224 valence electrons. The SMILES string of the molecule is Cc1ccc(N(c2ccc(C)cc2)c2ccc(-c3ccc(-n4c5ccccc5c5cc6c(cc54)[nH]c4ccccc46)cc3)cc2)cc1. The van der Waals surface area contributed by atoms with Gasteiger partial charge in [-0.15, -0.1) is 0 Å². The Morgan fingerprint density at radius 3 is 1.60 bits per heavy atom. The second-order valence-corrected chi connectivity index (χ2v) is 12.5. The number of aromatic amines is 1. The van der Waals surface area contributed by atoms with Gasteiger partial charge in [0.1, 0.15) is 0 Å². The smallest absolute Gasteiger partial charge is 0.0562 e. The molecule has 9 rings (SSSR count). The zero-order chi connectivity index (χ0) is 31.5.